The van der Waals surface area contributed by atoms with E-state index in [0.717, 1.165) is 26.8 Å². The van der Waals surface area contributed by atoms with Crippen molar-refractivity contribution in [2.45, 2.75) is 6.92 Å². The summed E-state index contributed by atoms with van der Waals surface area (Å²) in [6.45, 7) is 1.88. The Morgan fingerprint density at radius 1 is 1.12 bits per heavy atom. The van der Waals surface area contributed by atoms with Crippen LogP contribution in [0.15, 0.2) is 48.9 Å². The van der Waals surface area contributed by atoms with Crippen molar-refractivity contribution >= 4 is 44.9 Å². The van der Waals surface area contributed by atoms with Gasteiger partial charge in [-0.2, -0.15) is 0 Å². The van der Waals surface area contributed by atoms with Crippen molar-refractivity contribution in [1.29, 1.82) is 0 Å². The normalized spacial score (nSPS) is 10.7. The lowest BCUT2D eigenvalue weighted by Crippen LogP contribution is -2.26. The first kappa shape index (κ1) is 23.1. The number of anilines is 2. The number of hydrogen-bond acceptors (Lipinski definition) is 7. The third-order valence-electron chi connectivity index (χ3n) is 5.35. The van der Waals surface area contributed by atoms with Crippen LogP contribution in [0.2, 0.25) is 0 Å². The van der Waals surface area contributed by atoms with Crippen molar-refractivity contribution < 1.29 is 23.5 Å². The minimum Gasteiger partial charge on any atom is -0.494 e. The zero-order valence-electron chi connectivity index (χ0n) is 18.9. The molecule has 1 aromatic carbocycles. The number of nitrogens with one attached hydrogen (secondary N) is 1. The maximum Gasteiger partial charge on any atom is 0.412 e. The third-order valence-corrected chi connectivity index (χ3v) is 6.56. The summed E-state index contributed by atoms with van der Waals surface area (Å²) in [6, 6.07) is 7.75. The van der Waals surface area contributed by atoms with E-state index in [-0.39, 0.29) is 11.7 Å². The number of aromatic nitrogens is 2. The second-order valence-corrected chi connectivity index (χ2v) is 8.40. The van der Waals surface area contributed by atoms with Crippen molar-refractivity contribution in [3.8, 4) is 16.9 Å². The molecule has 4 rings (SSSR count). The molecule has 4 aromatic rings. The molecule has 3 aromatic heterocycles. The summed E-state index contributed by atoms with van der Waals surface area (Å²) in [5.74, 6) is -0.310. The highest BCUT2D eigenvalue weighted by Crippen LogP contribution is 2.38. The predicted octanol–water partition coefficient (Wildman–Crippen LogP) is 5.27. The largest absolute Gasteiger partial charge is 0.494 e. The van der Waals surface area contributed by atoms with Crippen LogP contribution in [0.25, 0.3) is 21.2 Å². The Morgan fingerprint density at radius 3 is 2.59 bits per heavy atom. The van der Waals surface area contributed by atoms with E-state index >= 15 is 0 Å². The zero-order valence-corrected chi connectivity index (χ0v) is 19.7. The molecule has 3 heterocycles. The van der Waals surface area contributed by atoms with E-state index < -0.39 is 11.9 Å². The summed E-state index contributed by atoms with van der Waals surface area (Å²) in [4.78, 5) is 35.3. The number of fused-ring (bicyclic) bond motifs is 1. The molecule has 0 saturated carbocycles. The van der Waals surface area contributed by atoms with Crippen LogP contribution in [-0.2, 0) is 4.74 Å². The first-order valence-corrected chi connectivity index (χ1v) is 11.0. The molecule has 0 aliphatic rings. The molecule has 174 valence electrons. The van der Waals surface area contributed by atoms with Gasteiger partial charge >= 0.3 is 6.09 Å². The van der Waals surface area contributed by atoms with Crippen molar-refractivity contribution in [2.75, 3.05) is 31.5 Å². The van der Waals surface area contributed by atoms with Crippen molar-refractivity contribution in [3.05, 3.63) is 65.2 Å². The second-order valence-electron chi connectivity index (χ2n) is 7.35. The molecule has 0 unspecified atom stereocenters. The van der Waals surface area contributed by atoms with Crippen LogP contribution in [0.5, 0.6) is 5.75 Å². The van der Waals surface area contributed by atoms with E-state index in [9.17, 15) is 14.0 Å². The Balaban J connectivity index is 1.70. The lowest BCUT2D eigenvalue weighted by Gasteiger charge is -2.18. The Kier molecular flexibility index (Phi) is 6.42. The number of thiophene rings is 1. The van der Waals surface area contributed by atoms with Crippen LogP contribution in [0.1, 0.15) is 15.2 Å². The van der Waals surface area contributed by atoms with E-state index in [1.807, 2.05) is 13.0 Å². The molecule has 10 heteroatoms. The average Bonchev–Trinajstić information content (AvgIpc) is 3.20. The minimum absolute atomic E-state index is 0.0642. The standard InChI is InChI=1S/C24H21FN4O4S/c1-13-21-16(14-5-8-20(27-10-14)28-24(31)33-4)11-26-12-19(21)34-22(13)23(30)29(2)15-6-7-17(25)18(9-15)32-3/h5-12H,1-4H3,(H,27,28,31). The molecule has 0 saturated heterocycles. The molecule has 0 aliphatic heterocycles. The monoisotopic (exact) mass is 480 g/mol. The Bertz CT molecular complexity index is 1390. The van der Waals surface area contributed by atoms with Crippen molar-refractivity contribution in [3.63, 3.8) is 0 Å². The van der Waals surface area contributed by atoms with Gasteiger partial charge in [-0.3, -0.25) is 15.1 Å². The van der Waals surface area contributed by atoms with E-state index in [4.69, 9.17) is 4.74 Å². The number of methoxy groups -OCH3 is 2. The summed E-state index contributed by atoms with van der Waals surface area (Å²) >= 11 is 1.34. The van der Waals surface area contributed by atoms with Crippen LogP contribution >= 0.6 is 11.3 Å². The summed E-state index contributed by atoms with van der Waals surface area (Å²) in [5, 5.41) is 3.40. The molecule has 2 amide bonds. The van der Waals surface area contributed by atoms with E-state index in [2.05, 4.69) is 20.0 Å². The molecule has 0 atom stereocenters. The maximum atomic E-state index is 13.8. The average molecular weight is 481 g/mol. The maximum absolute atomic E-state index is 13.8. The molecular weight excluding hydrogens is 459 g/mol. The quantitative estimate of drug-likeness (QED) is 0.418. The van der Waals surface area contributed by atoms with Crippen LogP contribution in [0.3, 0.4) is 0 Å². The van der Waals surface area contributed by atoms with Gasteiger partial charge in [0, 0.05) is 53.9 Å². The SMILES string of the molecule is COC(=O)Nc1ccc(-c2cncc3sc(C(=O)N(C)c4ccc(F)c(OC)c4)c(C)c23)cn1. The second kappa shape index (κ2) is 9.44. The van der Waals surface area contributed by atoms with Crippen LogP contribution < -0.4 is 15.0 Å². The fourth-order valence-corrected chi connectivity index (χ4v) is 4.72. The number of nitrogens with zero attached hydrogens (tertiary/aromatic N) is 3. The van der Waals surface area contributed by atoms with Crippen molar-refractivity contribution in [1.82, 2.24) is 9.97 Å². The molecule has 0 fully saturated rings. The van der Waals surface area contributed by atoms with Gasteiger partial charge in [0.25, 0.3) is 5.91 Å². The Labute approximate surface area is 199 Å². The summed E-state index contributed by atoms with van der Waals surface area (Å²) in [6.07, 6.45) is 4.45. The van der Waals surface area contributed by atoms with Crippen LogP contribution in [-0.4, -0.2) is 43.2 Å². The van der Waals surface area contributed by atoms with Gasteiger partial charge < -0.3 is 14.4 Å². The molecule has 8 nitrogen and oxygen atoms in total. The number of amides is 2. The molecule has 0 spiro atoms. The van der Waals surface area contributed by atoms with E-state index in [1.54, 1.807) is 31.7 Å². The highest BCUT2D eigenvalue weighted by molar-refractivity contribution is 7.21. The number of ether oxygens (including phenoxy) is 2. The molecule has 0 bridgehead atoms. The molecular formula is C24H21FN4O4S. The Hall–Kier alpha value is -4.05. The van der Waals surface area contributed by atoms with Crippen LogP contribution in [0.4, 0.5) is 20.7 Å². The predicted molar refractivity (Wildman–Crippen MR) is 129 cm³/mol. The van der Waals surface area contributed by atoms with E-state index in [0.29, 0.717) is 16.4 Å². The van der Waals surface area contributed by atoms with Gasteiger partial charge in [0.1, 0.15) is 5.82 Å². The lowest BCUT2D eigenvalue weighted by atomic mass is 10.0. The number of aryl methyl sites for hydroxylation is 1. The van der Waals surface area contributed by atoms with Gasteiger partial charge in [-0.05, 0) is 36.8 Å². The van der Waals surface area contributed by atoms with Gasteiger partial charge in [-0.1, -0.05) is 0 Å². The first-order chi connectivity index (χ1) is 16.3. The van der Waals surface area contributed by atoms with Gasteiger partial charge in [-0.15, -0.1) is 11.3 Å². The van der Waals surface area contributed by atoms with Crippen molar-refractivity contribution in [2.24, 2.45) is 0 Å². The molecule has 0 aliphatic carbocycles. The summed E-state index contributed by atoms with van der Waals surface area (Å²) < 4.78 is 24.3. The topological polar surface area (TPSA) is 93.6 Å². The van der Waals surface area contributed by atoms with Gasteiger partial charge in [0.05, 0.1) is 23.8 Å². The number of rotatable bonds is 5. The minimum atomic E-state index is -0.608. The smallest absolute Gasteiger partial charge is 0.412 e. The number of hydrogen-bond donors (Lipinski definition) is 1. The van der Waals surface area contributed by atoms with Gasteiger partial charge in [0.2, 0.25) is 0 Å². The third kappa shape index (κ3) is 4.27. The highest BCUT2D eigenvalue weighted by Gasteiger charge is 2.23. The number of carbonyl (C=O) groups is 2. The zero-order chi connectivity index (χ0) is 24.4. The number of carbonyl (C=O) groups excluding carboxylic acids is 2. The lowest BCUT2D eigenvalue weighted by molar-refractivity contribution is 0.0996. The number of pyridine rings is 2. The fourth-order valence-electron chi connectivity index (χ4n) is 3.54. The fraction of sp³-hybridized carbons (Fsp3) is 0.167. The number of benzene rings is 1. The first-order valence-electron chi connectivity index (χ1n) is 10.1. The molecule has 34 heavy (non-hydrogen) atoms. The molecule has 1 N–H and O–H groups in total. The summed E-state index contributed by atoms with van der Waals surface area (Å²) in [7, 11) is 4.29. The molecule has 0 radical (unpaired) electrons. The Morgan fingerprint density at radius 2 is 1.91 bits per heavy atom. The van der Waals surface area contributed by atoms with E-state index in [1.165, 1.54) is 48.7 Å². The van der Waals surface area contributed by atoms with Gasteiger partial charge in [-0.25, -0.2) is 14.2 Å². The van der Waals surface area contributed by atoms with Crippen LogP contribution in [0, 0.1) is 12.7 Å². The highest BCUT2D eigenvalue weighted by atomic mass is 32.1. The number of halogens is 1. The summed E-state index contributed by atoms with van der Waals surface area (Å²) in [5.41, 5.74) is 2.91. The van der Waals surface area contributed by atoms with Gasteiger partial charge in [0.15, 0.2) is 11.6 Å².